The Morgan fingerprint density at radius 1 is 1.17 bits per heavy atom. The molecule has 1 aromatic heterocycles. The molecule has 0 atom stereocenters. The third kappa shape index (κ3) is 1.61. The van der Waals surface area contributed by atoms with E-state index in [2.05, 4.69) is 4.98 Å². The molecule has 0 fully saturated rings. The van der Waals surface area contributed by atoms with E-state index in [9.17, 15) is 5.11 Å². The first-order valence-electron chi connectivity index (χ1n) is 3.38. The zero-order valence-electron chi connectivity index (χ0n) is 6.82. The van der Waals surface area contributed by atoms with E-state index in [1.807, 2.05) is 12.1 Å². The molecule has 0 saturated carbocycles. The van der Waals surface area contributed by atoms with Gasteiger partial charge in [0.15, 0.2) is 0 Å². The average molecular weight is 151 g/mol. The number of hydrogen-bond donors (Lipinski definition) is 0. The van der Waals surface area contributed by atoms with Crippen molar-refractivity contribution in [2.24, 2.45) is 0 Å². The molecule has 2 nitrogen and oxygen atoms in total. The Morgan fingerprint density at radius 3 is 2.83 bits per heavy atom. The van der Waals surface area contributed by atoms with Crippen LogP contribution in [0.2, 0.25) is 0 Å². The van der Waals surface area contributed by atoms with Gasteiger partial charge in [0.2, 0.25) is 0 Å². The zero-order chi connectivity index (χ0) is 7.68. The fraction of sp³-hybridized carbons (Fsp3) is 0. The van der Waals surface area contributed by atoms with Crippen molar-refractivity contribution in [1.82, 2.24) is 4.98 Å². The van der Waals surface area contributed by atoms with Crippen LogP contribution >= 0.6 is 0 Å². The predicted molar refractivity (Wildman–Crippen MR) is 41.2 cm³/mol. The summed E-state index contributed by atoms with van der Waals surface area (Å²) in [6, 6.07) is 8.54. The quantitative estimate of drug-likeness (QED) is 0.421. The van der Waals surface area contributed by atoms with E-state index in [4.69, 9.17) is 0 Å². The van der Waals surface area contributed by atoms with Gasteiger partial charge in [-0.15, -0.1) is 5.75 Å². The largest absolute Gasteiger partial charge is 1.00 e. The molecule has 0 radical (unpaired) electrons. The van der Waals surface area contributed by atoms with Crippen molar-refractivity contribution in [2.75, 3.05) is 0 Å². The summed E-state index contributed by atoms with van der Waals surface area (Å²) in [7, 11) is 0. The predicted octanol–water partition coefficient (Wildman–Crippen LogP) is -1.69. The molecule has 0 saturated heterocycles. The van der Waals surface area contributed by atoms with Crippen molar-refractivity contribution < 1.29 is 24.0 Å². The maximum Gasteiger partial charge on any atom is 1.00 e. The number of benzene rings is 1. The molecular formula is C9H6LiNO. The monoisotopic (exact) mass is 151 g/mol. The van der Waals surface area contributed by atoms with Crippen molar-refractivity contribution in [3.63, 3.8) is 0 Å². The van der Waals surface area contributed by atoms with Crippen LogP contribution in [-0.4, -0.2) is 4.98 Å². The second-order valence-electron chi connectivity index (χ2n) is 2.36. The molecule has 2 rings (SSSR count). The van der Waals surface area contributed by atoms with Gasteiger partial charge in [0.25, 0.3) is 0 Å². The summed E-state index contributed by atoms with van der Waals surface area (Å²) in [5.74, 6) is 0.0329. The normalized spacial score (nSPS) is 9.33. The van der Waals surface area contributed by atoms with E-state index in [1.54, 1.807) is 18.3 Å². The van der Waals surface area contributed by atoms with Crippen LogP contribution in [0.15, 0.2) is 36.5 Å². The van der Waals surface area contributed by atoms with Crippen LogP contribution in [0.4, 0.5) is 0 Å². The fourth-order valence-electron chi connectivity index (χ4n) is 1.05. The van der Waals surface area contributed by atoms with E-state index in [1.165, 1.54) is 6.07 Å². The third-order valence-corrected chi connectivity index (χ3v) is 1.57. The standard InChI is InChI=1S/C9H7NO.Li/c11-8-3-4-9-7(6-8)2-1-5-10-9;/h1-6,11H;/q;+1/p-1. The van der Waals surface area contributed by atoms with Gasteiger partial charge >= 0.3 is 18.9 Å². The van der Waals surface area contributed by atoms with Gasteiger partial charge in [0, 0.05) is 6.20 Å². The van der Waals surface area contributed by atoms with Crippen LogP contribution < -0.4 is 24.0 Å². The maximum atomic E-state index is 10.9. The minimum atomic E-state index is 0. The Bertz CT molecular complexity index is 389. The molecule has 0 aliphatic heterocycles. The zero-order valence-corrected chi connectivity index (χ0v) is 6.82. The summed E-state index contributed by atoms with van der Waals surface area (Å²) < 4.78 is 0. The van der Waals surface area contributed by atoms with E-state index < -0.39 is 0 Å². The third-order valence-electron chi connectivity index (χ3n) is 1.57. The molecule has 0 amide bonds. The Kier molecular flexibility index (Phi) is 2.75. The second kappa shape index (κ2) is 3.62. The van der Waals surface area contributed by atoms with Gasteiger partial charge in [-0.1, -0.05) is 18.2 Å². The Morgan fingerprint density at radius 2 is 2.00 bits per heavy atom. The molecule has 54 valence electrons. The van der Waals surface area contributed by atoms with Gasteiger partial charge in [-0.05, 0) is 17.5 Å². The number of rotatable bonds is 0. The van der Waals surface area contributed by atoms with Crippen LogP contribution in [0.1, 0.15) is 0 Å². The number of pyridine rings is 1. The molecule has 1 aromatic carbocycles. The first-order chi connectivity index (χ1) is 5.36. The molecule has 1 heterocycles. The van der Waals surface area contributed by atoms with E-state index in [-0.39, 0.29) is 24.6 Å². The van der Waals surface area contributed by atoms with E-state index in [0.29, 0.717) is 0 Å². The number of aromatic nitrogens is 1. The van der Waals surface area contributed by atoms with Crippen molar-refractivity contribution in [1.29, 1.82) is 0 Å². The van der Waals surface area contributed by atoms with E-state index >= 15 is 0 Å². The summed E-state index contributed by atoms with van der Waals surface area (Å²) in [6.45, 7) is 0. The van der Waals surface area contributed by atoms with E-state index in [0.717, 1.165) is 10.9 Å². The number of fused-ring (bicyclic) bond motifs is 1. The molecule has 12 heavy (non-hydrogen) atoms. The van der Waals surface area contributed by atoms with Gasteiger partial charge in [-0.3, -0.25) is 4.98 Å². The average Bonchev–Trinajstić information content (AvgIpc) is 2.04. The molecule has 2 aromatic rings. The smallest absolute Gasteiger partial charge is 0.872 e. The Labute approximate surface area is 82.4 Å². The number of hydrogen-bond acceptors (Lipinski definition) is 2. The van der Waals surface area contributed by atoms with Crippen molar-refractivity contribution in [3.8, 4) is 5.75 Å². The van der Waals surface area contributed by atoms with Crippen LogP contribution in [0.25, 0.3) is 10.9 Å². The van der Waals surface area contributed by atoms with Gasteiger partial charge in [0.1, 0.15) is 0 Å². The minimum Gasteiger partial charge on any atom is -0.872 e. The van der Waals surface area contributed by atoms with Crippen molar-refractivity contribution in [2.45, 2.75) is 0 Å². The first-order valence-corrected chi connectivity index (χ1v) is 3.38. The summed E-state index contributed by atoms with van der Waals surface area (Å²) in [5, 5.41) is 11.8. The van der Waals surface area contributed by atoms with Gasteiger partial charge in [-0.25, -0.2) is 0 Å². The molecule has 3 heteroatoms. The molecule has 0 unspecified atom stereocenters. The summed E-state index contributed by atoms with van der Waals surface area (Å²) in [6.07, 6.45) is 1.72. The molecule has 0 spiro atoms. The first kappa shape index (κ1) is 9.12. The molecule has 0 N–H and O–H groups in total. The summed E-state index contributed by atoms with van der Waals surface area (Å²) >= 11 is 0. The maximum absolute atomic E-state index is 10.9. The minimum absolute atomic E-state index is 0. The van der Waals surface area contributed by atoms with Crippen molar-refractivity contribution >= 4 is 10.9 Å². The van der Waals surface area contributed by atoms with Crippen LogP contribution in [-0.2, 0) is 0 Å². The molecular weight excluding hydrogens is 145 g/mol. The van der Waals surface area contributed by atoms with Crippen LogP contribution in [0.5, 0.6) is 5.75 Å². The van der Waals surface area contributed by atoms with Crippen LogP contribution in [0, 0.1) is 0 Å². The molecule has 0 aliphatic carbocycles. The second-order valence-corrected chi connectivity index (χ2v) is 2.36. The molecule has 0 aliphatic rings. The van der Waals surface area contributed by atoms with Gasteiger partial charge in [0.05, 0.1) is 5.52 Å². The Balaban J connectivity index is 0.000000720. The topological polar surface area (TPSA) is 36.0 Å². The molecule has 0 bridgehead atoms. The number of nitrogens with zero attached hydrogens (tertiary/aromatic N) is 1. The SMILES string of the molecule is [Li+].[O-]c1ccc2ncccc2c1. The van der Waals surface area contributed by atoms with Crippen LogP contribution in [0.3, 0.4) is 0 Å². The van der Waals surface area contributed by atoms with Gasteiger partial charge < -0.3 is 5.11 Å². The van der Waals surface area contributed by atoms with Crippen molar-refractivity contribution in [3.05, 3.63) is 36.5 Å². The summed E-state index contributed by atoms with van der Waals surface area (Å²) in [5.41, 5.74) is 0.868. The Hall–Kier alpha value is -0.973. The fourth-order valence-corrected chi connectivity index (χ4v) is 1.05. The summed E-state index contributed by atoms with van der Waals surface area (Å²) in [4.78, 5) is 4.08. The van der Waals surface area contributed by atoms with Gasteiger partial charge in [-0.2, -0.15) is 0 Å².